The first-order valence-corrected chi connectivity index (χ1v) is 6.49. The minimum Gasteiger partial charge on any atom is -0.393 e. The van der Waals surface area contributed by atoms with E-state index in [0.29, 0.717) is 11.7 Å². The zero-order valence-corrected chi connectivity index (χ0v) is 10.7. The third kappa shape index (κ3) is 3.22. The van der Waals surface area contributed by atoms with E-state index in [1.807, 2.05) is 13.0 Å². The molecule has 0 amide bonds. The zero-order valence-electron chi connectivity index (χ0n) is 10.7. The highest BCUT2D eigenvalue weighted by atomic mass is 16.3. The molecule has 6 heteroatoms. The number of rotatable bonds is 5. The second kappa shape index (κ2) is 5.86. The summed E-state index contributed by atoms with van der Waals surface area (Å²) < 4.78 is 0. The molecular formula is C12H21N5O. The highest BCUT2D eigenvalue weighted by molar-refractivity contribution is 5.50. The summed E-state index contributed by atoms with van der Waals surface area (Å²) in [6.07, 6.45) is 2.88. The number of aromatic nitrogens is 2. The van der Waals surface area contributed by atoms with Crippen molar-refractivity contribution in [3.8, 4) is 0 Å². The molecule has 0 aromatic carbocycles. The molecule has 1 aromatic heterocycles. The molecule has 1 fully saturated rings. The van der Waals surface area contributed by atoms with Crippen molar-refractivity contribution in [3.63, 3.8) is 0 Å². The van der Waals surface area contributed by atoms with Gasteiger partial charge in [0.25, 0.3) is 0 Å². The maximum Gasteiger partial charge on any atom is 0.223 e. The van der Waals surface area contributed by atoms with E-state index in [1.165, 1.54) is 0 Å². The van der Waals surface area contributed by atoms with Crippen LogP contribution in [0.5, 0.6) is 0 Å². The van der Waals surface area contributed by atoms with Crippen LogP contribution in [0.4, 0.5) is 17.6 Å². The fourth-order valence-corrected chi connectivity index (χ4v) is 2.32. The molecule has 1 aliphatic rings. The summed E-state index contributed by atoms with van der Waals surface area (Å²) in [5.74, 6) is 1.99. The Balaban J connectivity index is 1.95. The molecule has 1 aliphatic carbocycles. The van der Waals surface area contributed by atoms with E-state index in [0.717, 1.165) is 38.2 Å². The maximum atomic E-state index is 9.75. The molecular weight excluding hydrogens is 230 g/mol. The lowest BCUT2D eigenvalue weighted by atomic mass is 10.1. The van der Waals surface area contributed by atoms with Crippen LogP contribution in [0.15, 0.2) is 6.07 Å². The van der Waals surface area contributed by atoms with Gasteiger partial charge in [-0.3, -0.25) is 0 Å². The van der Waals surface area contributed by atoms with Crippen LogP contribution in [0, 0.1) is 5.92 Å². The van der Waals surface area contributed by atoms with Crippen molar-refractivity contribution in [1.82, 2.24) is 9.97 Å². The SMILES string of the molecule is CCNc1cc(NCC2CCCC2O)nc(N)n1. The Bertz CT molecular complexity index is 398. The number of hydrogen-bond acceptors (Lipinski definition) is 6. The summed E-state index contributed by atoms with van der Waals surface area (Å²) in [6, 6.07) is 1.83. The van der Waals surface area contributed by atoms with Crippen LogP contribution in [0.3, 0.4) is 0 Å². The molecule has 5 N–H and O–H groups in total. The number of nitrogens with one attached hydrogen (secondary N) is 2. The number of hydrogen-bond donors (Lipinski definition) is 4. The van der Waals surface area contributed by atoms with E-state index in [9.17, 15) is 5.11 Å². The Morgan fingerprint density at radius 3 is 2.67 bits per heavy atom. The molecule has 2 atom stereocenters. The van der Waals surface area contributed by atoms with Gasteiger partial charge in [0.1, 0.15) is 11.6 Å². The lowest BCUT2D eigenvalue weighted by Crippen LogP contribution is -2.22. The number of aliphatic hydroxyl groups is 1. The molecule has 1 aromatic rings. The van der Waals surface area contributed by atoms with Gasteiger partial charge < -0.3 is 21.5 Å². The van der Waals surface area contributed by atoms with Crippen LogP contribution < -0.4 is 16.4 Å². The van der Waals surface area contributed by atoms with E-state index in [4.69, 9.17) is 5.73 Å². The van der Waals surface area contributed by atoms with Gasteiger partial charge in [0.2, 0.25) is 5.95 Å². The van der Waals surface area contributed by atoms with Crippen LogP contribution in [0.25, 0.3) is 0 Å². The summed E-state index contributed by atoms with van der Waals surface area (Å²) in [6.45, 7) is 3.51. The average molecular weight is 251 g/mol. The summed E-state index contributed by atoms with van der Waals surface area (Å²) in [5, 5.41) is 16.1. The molecule has 0 radical (unpaired) electrons. The van der Waals surface area contributed by atoms with Gasteiger partial charge in [-0.25, -0.2) is 0 Å². The lowest BCUT2D eigenvalue weighted by molar-refractivity contribution is 0.138. The molecule has 1 saturated carbocycles. The number of nitrogens with two attached hydrogens (primary N) is 1. The summed E-state index contributed by atoms with van der Waals surface area (Å²) >= 11 is 0. The van der Waals surface area contributed by atoms with Gasteiger partial charge in [0.05, 0.1) is 6.10 Å². The normalized spacial score (nSPS) is 23.0. The molecule has 18 heavy (non-hydrogen) atoms. The summed E-state index contributed by atoms with van der Waals surface area (Å²) in [7, 11) is 0. The largest absolute Gasteiger partial charge is 0.393 e. The highest BCUT2D eigenvalue weighted by Gasteiger charge is 2.24. The van der Waals surface area contributed by atoms with Crippen molar-refractivity contribution < 1.29 is 5.11 Å². The fourth-order valence-electron chi connectivity index (χ4n) is 2.32. The molecule has 1 heterocycles. The van der Waals surface area contributed by atoms with E-state index in [2.05, 4.69) is 20.6 Å². The van der Waals surface area contributed by atoms with Crippen LogP contribution in [0.2, 0.25) is 0 Å². The first-order valence-electron chi connectivity index (χ1n) is 6.49. The first-order chi connectivity index (χ1) is 8.69. The second-order valence-corrected chi connectivity index (χ2v) is 4.67. The van der Waals surface area contributed by atoms with Crippen molar-refractivity contribution in [2.45, 2.75) is 32.3 Å². The van der Waals surface area contributed by atoms with Gasteiger partial charge in [0.15, 0.2) is 0 Å². The predicted molar refractivity (Wildman–Crippen MR) is 72.4 cm³/mol. The molecule has 0 saturated heterocycles. The average Bonchev–Trinajstić information content (AvgIpc) is 2.72. The third-order valence-electron chi connectivity index (χ3n) is 3.27. The summed E-state index contributed by atoms with van der Waals surface area (Å²) in [5.41, 5.74) is 5.65. The van der Waals surface area contributed by atoms with E-state index in [1.54, 1.807) is 0 Å². The molecule has 0 spiro atoms. The molecule has 0 aliphatic heterocycles. The number of anilines is 3. The van der Waals surface area contributed by atoms with Crippen LogP contribution in [0.1, 0.15) is 26.2 Å². The Morgan fingerprint density at radius 1 is 1.33 bits per heavy atom. The Labute approximate surface area is 107 Å². The molecule has 100 valence electrons. The van der Waals surface area contributed by atoms with Gasteiger partial charge in [-0.05, 0) is 19.8 Å². The van der Waals surface area contributed by atoms with Crippen LogP contribution in [-0.4, -0.2) is 34.3 Å². The van der Waals surface area contributed by atoms with Gasteiger partial charge in [-0.2, -0.15) is 9.97 Å². The first kappa shape index (κ1) is 12.9. The molecule has 0 bridgehead atoms. The minimum absolute atomic E-state index is 0.190. The van der Waals surface area contributed by atoms with Gasteiger partial charge in [-0.1, -0.05) is 6.42 Å². The maximum absolute atomic E-state index is 9.75. The zero-order chi connectivity index (χ0) is 13.0. The monoisotopic (exact) mass is 251 g/mol. The minimum atomic E-state index is -0.190. The topological polar surface area (TPSA) is 96.1 Å². The van der Waals surface area contributed by atoms with Crippen molar-refractivity contribution in [2.24, 2.45) is 5.92 Å². The third-order valence-corrected chi connectivity index (χ3v) is 3.27. The van der Waals surface area contributed by atoms with Crippen molar-refractivity contribution in [3.05, 3.63) is 6.07 Å². The Kier molecular flexibility index (Phi) is 4.19. The highest BCUT2D eigenvalue weighted by Crippen LogP contribution is 2.25. The van der Waals surface area contributed by atoms with Crippen molar-refractivity contribution in [2.75, 3.05) is 29.5 Å². The fraction of sp³-hybridized carbons (Fsp3) is 0.667. The van der Waals surface area contributed by atoms with Gasteiger partial charge >= 0.3 is 0 Å². The molecule has 2 rings (SSSR count). The van der Waals surface area contributed by atoms with Crippen molar-refractivity contribution in [1.29, 1.82) is 0 Å². The van der Waals surface area contributed by atoms with Gasteiger partial charge in [-0.15, -0.1) is 0 Å². The van der Waals surface area contributed by atoms with Gasteiger partial charge in [0, 0.05) is 25.1 Å². The standard InChI is InChI=1S/C12H21N5O/c1-2-14-10-6-11(17-12(13)16-10)15-7-8-4-3-5-9(8)18/h6,8-9,18H,2-5,7H2,1H3,(H4,13,14,15,16,17). The number of nitrogen functional groups attached to an aromatic ring is 1. The molecule has 2 unspecified atom stereocenters. The quantitative estimate of drug-likeness (QED) is 0.625. The van der Waals surface area contributed by atoms with E-state index >= 15 is 0 Å². The predicted octanol–water partition coefficient (Wildman–Crippen LogP) is 1.06. The van der Waals surface area contributed by atoms with Crippen LogP contribution in [-0.2, 0) is 0 Å². The van der Waals surface area contributed by atoms with E-state index < -0.39 is 0 Å². The summed E-state index contributed by atoms with van der Waals surface area (Å²) in [4.78, 5) is 8.22. The lowest BCUT2D eigenvalue weighted by Gasteiger charge is -2.16. The smallest absolute Gasteiger partial charge is 0.223 e. The second-order valence-electron chi connectivity index (χ2n) is 4.67. The van der Waals surface area contributed by atoms with Crippen LogP contribution >= 0.6 is 0 Å². The molecule has 6 nitrogen and oxygen atoms in total. The Morgan fingerprint density at radius 2 is 2.06 bits per heavy atom. The number of aliphatic hydroxyl groups excluding tert-OH is 1. The Hall–Kier alpha value is -1.56. The number of nitrogens with zero attached hydrogens (tertiary/aromatic N) is 2. The van der Waals surface area contributed by atoms with E-state index in [-0.39, 0.29) is 12.1 Å². The van der Waals surface area contributed by atoms with Crippen molar-refractivity contribution >= 4 is 17.6 Å².